The molecule has 2 rings (SSSR count). The molecule has 0 saturated heterocycles. The van der Waals surface area contributed by atoms with Crippen LogP contribution in [-0.4, -0.2) is 31.5 Å². The van der Waals surface area contributed by atoms with E-state index in [1.165, 1.54) is 0 Å². The second-order valence-electron chi connectivity index (χ2n) is 5.73. The first-order chi connectivity index (χ1) is 12.1. The van der Waals surface area contributed by atoms with Gasteiger partial charge in [-0.3, -0.25) is 0 Å². The number of hydrogen-bond acceptors (Lipinski definition) is 4. The van der Waals surface area contributed by atoms with Gasteiger partial charge in [0.2, 0.25) is 0 Å². The van der Waals surface area contributed by atoms with E-state index in [2.05, 4.69) is 6.58 Å². The highest BCUT2D eigenvalue weighted by atomic mass is 32.2. The Morgan fingerprint density at radius 1 is 1.12 bits per heavy atom. The maximum absolute atomic E-state index is 12.5. The van der Waals surface area contributed by atoms with E-state index in [4.69, 9.17) is 9.47 Å². The van der Waals surface area contributed by atoms with Gasteiger partial charge in [-0.15, -0.1) is 11.8 Å². The zero-order chi connectivity index (χ0) is 18.2. The van der Waals surface area contributed by atoms with E-state index in [0.717, 1.165) is 21.6 Å². The summed E-state index contributed by atoms with van der Waals surface area (Å²) in [7, 11) is 0. The van der Waals surface area contributed by atoms with Gasteiger partial charge in [0, 0.05) is 4.90 Å². The molecular formula is C21H24O3S. The van der Waals surface area contributed by atoms with E-state index in [1.807, 2.05) is 62.6 Å². The average molecular weight is 356 g/mol. The van der Waals surface area contributed by atoms with Gasteiger partial charge in [0.1, 0.15) is 6.61 Å². The summed E-state index contributed by atoms with van der Waals surface area (Å²) in [6.45, 7) is 8.44. The molecule has 0 saturated carbocycles. The summed E-state index contributed by atoms with van der Waals surface area (Å²) in [5.41, 5.74) is 3.68. The quantitative estimate of drug-likeness (QED) is 0.365. The van der Waals surface area contributed by atoms with E-state index < -0.39 is 0 Å². The maximum Gasteiger partial charge on any atom is 0.339 e. The van der Waals surface area contributed by atoms with Crippen LogP contribution in [0.25, 0.3) is 17.2 Å². The van der Waals surface area contributed by atoms with Crippen molar-refractivity contribution >= 4 is 23.8 Å². The molecule has 0 N–H and O–H groups in total. The van der Waals surface area contributed by atoms with Crippen LogP contribution in [-0.2, 0) is 9.47 Å². The summed E-state index contributed by atoms with van der Waals surface area (Å²) in [4.78, 5) is 13.4. The lowest BCUT2D eigenvalue weighted by Crippen LogP contribution is -2.14. The number of carbonyl (C=O) groups is 1. The number of esters is 1. The summed E-state index contributed by atoms with van der Waals surface area (Å²) < 4.78 is 10.8. The Morgan fingerprint density at radius 2 is 1.84 bits per heavy atom. The Hall–Kier alpha value is -2.04. The maximum atomic E-state index is 12.5. The number of ether oxygens (including phenoxy) is 2. The summed E-state index contributed by atoms with van der Waals surface area (Å²) in [5, 5.41) is 0. The van der Waals surface area contributed by atoms with E-state index in [-0.39, 0.29) is 18.7 Å². The molecule has 2 aromatic carbocycles. The van der Waals surface area contributed by atoms with Gasteiger partial charge in [0.05, 0.1) is 18.3 Å². The van der Waals surface area contributed by atoms with Gasteiger partial charge >= 0.3 is 5.97 Å². The second kappa shape index (κ2) is 9.44. The lowest BCUT2D eigenvalue weighted by atomic mass is 9.98. The standard InChI is InChI=1S/C21H24O3S/c1-5-16-9-6-7-10-17(16)18-11-8-12-19(20(18)25-4)21(22)24-14-13-23-15(2)3/h5-12,15H,1,13-14H2,2-4H3. The van der Waals surface area contributed by atoms with Crippen molar-refractivity contribution in [2.75, 3.05) is 19.5 Å². The first kappa shape index (κ1) is 19.3. The third-order valence-electron chi connectivity index (χ3n) is 3.68. The van der Waals surface area contributed by atoms with Crippen molar-refractivity contribution in [3.05, 3.63) is 60.2 Å². The highest BCUT2D eigenvalue weighted by Gasteiger charge is 2.17. The molecule has 0 fully saturated rings. The largest absolute Gasteiger partial charge is 0.460 e. The molecule has 0 aromatic heterocycles. The van der Waals surface area contributed by atoms with Crippen molar-refractivity contribution in [3.63, 3.8) is 0 Å². The van der Waals surface area contributed by atoms with E-state index in [1.54, 1.807) is 17.8 Å². The fourth-order valence-corrected chi connectivity index (χ4v) is 3.32. The molecule has 0 radical (unpaired) electrons. The van der Waals surface area contributed by atoms with Crippen LogP contribution in [0.4, 0.5) is 0 Å². The van der Waals surface area contributed by atoms with E-state index >= 15 is 0 Å². The highest BCUT2D eigenvalue weighted by Crippen LogP contribution is 2.35. The van der Waals surface area contributed by atoms with Crippen LogP contribution in [0.15, 0.2) is 53.9 Å². The predicted molar refractivity (Wildman–Crippen MR) is 105 cm³/mol. The fourth-order valence-electron chi connectivity index (χ4n) is 2.55. The number of hydrogen-bond donors (Lipinski definition) is 0. The van der Waals surface area contributed by atoms with Crippen LogP contribution in [0.5, 0.6) is 0 Å². The van der Waals surface area contributed by atoms with Crippen molar-refractivity contribution < 1.29 is 14.3 Å². The molecule has 0 aliphatic carbocycles. The van der Waals surface area contributed by atoms with Crippen molar-refractivity contribution in [1.82, 2.24) is 0 Å². The molecule has 0 amide bonds. The summed E-state index contributed by atoms with van der Waals surface area (Å²) in [6, 6.07) is 13.7. The zero-order valence-electron chi connectivity index (χ0n) is 15.0. The molecule has 0 aliphatic heterocycles. The van der Waals surface area contributed by atoms with Gasteiger partial charge < -0.3 is 9.47 Å². The molecular weight excluding hydrogens is 332 g/mol. The van der Waals surface area contributed by atoms with Crippen LogP contribution < -0.4 is 0 Å². The third-order valence-corrected chi connectivity index (χ3v) is 4.53. The molecule has 3 nitrogen and oxygen atoms in total. The molecule has 0 unspecified atom stereocenters. The third kappa shape index (κ3) is 4.97. The van der Waals surface area contributed by atoms with Crippen LogP contribution in [0.2, 0.25) is 0 Å². The van der Waals surface area contributed by atoms with Gasteiger partial charge in [0.25, 0.3) is 0 Å². The Kier molecular flexibility index (Phi) is 7.29. The minimum absolute atomic E-state index is 0.124. The Balaban J connectivity index is 2.29. The molecule has 132 valence electrons. The van der Waals surface area contributed by atoms with Crippen LogP contribution in [0, 0.1) is 0 Å². The van der Waals surface area contributed by atoms with Gasteiger partial charge in [0.15, 0.2) is 0 Å². The lowest BCUT2D eigenvalue weighted by molar-refractivity contribution is 0.0174. The fraction of sp³-hybridized carbons (Fsp3) is 0.286. The lowest BCUT2D eigenvalue weighted by Gasteiger charge is -2.15. The topological polar surface area (TPSA) is 35.5 Å². The minimum atomic E-state index is -0.324. The number of carbonyl (C=O) groups excluding carboxylic acids is 1. The molecule has 4 heteroatoms. The molecule has 0 spiro atoms. The number of benzene rings is 2. The van der Waals surface area contributed by atoms with Crippen LogP contribution >= 0.6 is 11.8 Å². The second-order valence-corrected chi connectivity index (χ2v) is 6.55. The summed E-state index contributed by atoms with van der Waals surface area (Å²) >= 11 is 1.54. The van der Waals surface area contributed by atoms with Crippen molar-refractivity contribution in [1.29, 1.82) is 0 Å². The van der Waals surface area contributed by atoms with Crippen molar-refractivity contribution in [3.8, 4) is 11.1 Å². The summed E-state index contributed by atoms with van der Waals surface area (Å²) in [5.74, 6) is -0.324. The van der Waals surface area contributed by atoms with Crippen LogP contribution in [0.3, 0.4) is 0 Å². The SMILES string of the molecule is C=Cc1ccccc1-c1cccc(C(=O)OCCOC(C)C)c1SC. The Labute approximate surface area is 154 Å². The number of rotatable bonds is 8. The molecule has 2 aromatic rings. The molecule has 25 heavy (non-hydrogen) atoms. The minimum Gasteiger partial charge on any atom is -0.460 e. The van der Waals surface area contributed by atoms with Crippen LogP contribution in [0.1, 0.15) is 29.8 Å². The smallest absolute Gasteiger partial charge is 0.339 e. The molecule has 0 heterocycles. The van der Waals surface area contributed by atoms with Gasteiger partial charge in [-0.1, -0.05) is 49.1 Å². The van der Waals surface area contributed by atoms with Crippen molar-refractivity contribution in [2.45, 2.75) is 24.8 Å². The first-order valence-electron chi connectivity index (χ1n) is 8.26. The van der Waals surface area contributed by atoms with E-state index in [0.29, 0.717) is 12.2 Å². The normalized spacial score (nSPS) is 10.7. The predicted octanol–water partition coefficient (Wildman–Crippen LogP) is 5.30. The van der Waals surface area contributed by atoms with Gasteiger partial charge in [-0.05, 0) is 42.9 Å². The Bertz CT molecular complexity index is 738. The van der Waals surface area contributed by atoms with Gasteiger partial charge in [-0.25, -0.2) is 4.79 Å². The average Bonchev–Trinajstić information content (AvgIpc) is 2.64. The van der Waals surface area contributed by atoms with E-state index in [9.17, 15) is 4.79 Å². The number of thioether (sulfide) groups is 1. The first-order valence-corrected chi connectivity index (χ1v) is 9.48. The molecule has 0 bridgehead atoms. The summed E-state index contributed by atoms with van der Waals surface area (Å²) in [6.07, 6.45) is 3.92. The molecule has 0 aliphatic rings. The zero-order valence-corrected chi connectivity index (χ0v) is 15.8. The monoisotopic (exact) mass is 356 g/mol. The highest BCUT2D eigenvalue weighted by molar-refractivity contribution is 7.98. The van der Waals surface area contributed by atoms with Crippen molar-refractivity contribution in [2.24, 2.45) is 0 Å². The van der Waals surface area contributed by atoms with Gasteiger partial charge in [-0.2, -0.15) is 0 Å². The Morgan fingerprint density at radius 3 is 2.52 bits per heavy atom. The molecule has 0 atom stereocenters.